The molecule has 0 N–H and O–H groups in total. The Morgan fingerprint density at radius 2 is 2.06 bits per heavy atom. The molecule has 1 aromatic heterocycles. The topological polar surface area (TPSA) is 22.1 Å². The van der Waals surface area contributed by atoms with Gasteiger partial charge in [0.2, 0.25) is 0 Å². The van der Waals surface area contributed by atoms with Crippen molar-refractivity contribution >= 4 is 38.4 Å². The Hall–Kier alpha value is -1.01. The first-order valence-electron chi connectivity index (χ1n) is 4.80. The van der Waals surface area contributed by atoms with E-state index in [-0.39, 0.29) is 5.75 Å². The van der Waals surface area contributed by atoms with Crippen molar-refractivity contribution in [2.75, 3.05) is 6.61 Å². The zero-order chi connectivity index (χ0) is 13.3. The van der Waals surface area contributed by atoms with Gasteiger partial charge in [-0.2, -0.15) is 13.2 Å². The van der Waals surface area contributed by atoms with Gasteiger partial charge in [0.1, 0.15) is 5.75 Å². The fourth-order valence-electron chi connectivity index (χ4n) is 1.37. The lowest BCUT2D eigenvalue weighted by atomic mass is 10.2. The van der Waals surface area contributed by atoms with Crippen LogP contribution in [0.15, 0.2) is 28.9 Å². The number of benzene rings is 1. The van der Waals surface area contributed by atoms with Crippen LogP contribution in [0.1, 0.15) is 0 Å². The van der Waals surface area contributed by atoms with Crippen molar-refractivity contribution in [3.63, 3.8) is 0 Å². The molecule has 2 aromatic rings. The third-order valence-electron chi connectivity index (χ3n) is 2.13. The predicted octanol–water partition coefficient (Wildman–Crippen LogP) is 4.59. The summed E-state index contributed by atoms with van der Waals surface area (Å²) in [5.74, 6) is 0.115. The van der Waals surface area contributed by atoms with Gasteiger partial charge in [-0.15, -0.1) is 0 Å². The number of nitrogens with zero attached hydrogens (tertiary/aromatic N) is 1. The summed E-state index contributed by atoms with van der Waals surface area (Å²) in [6.07, 6.45) is -2.90. The molecule has 1 aromatic carbocycles. The Labute approximate surface area is 114 Å². The van der Waals surface area contributed by atoms with Crippen molar-refractivity contribution in [1.82, 2.24) is 4.98 Å². The minimum Gasteiger partial charge on any atom is -0.484 e. The monoisotopic (exact) mass is 339 g/mol. The zero-order valence-electron chi connectivity index (χ0n) is 8.76. The molecule has 1 heterocycles. The molecule has 0 saturated carbocycles. The molecule has 0 radical (unpaired) electrons. The van der Waals surface area contributed by atoms with Crippen LogP contribution in [0.25, 0.3) is 10.9 Å². The molecule has 0 amide bonds. The Morgan fingerprint density at radius 3 is 2.72 bits per heavy atom. The molecule has 0 atom stereocenters. The van der Waals surface area contributed by atoms with Gasteiger partial charge in [0.05, 0.1) is 10.5 Å². The summed E-state index contributed by atoms with van der Waals surface area (Å²) < 4.78 is 41.3. The Bertz CT molecular complexity index is 588. The number of pyridine rings is 1. The third-order valence-corrected chi connectivity index (χ3v) is 3.50. The molecule has 96 valence electrons. The predicted molar refractivity (Wildman–Crippen MR) is 66.0 cm³/mol. The Balaban J connectivity index is 2.35. The highest BCUT2D eigenvalue weighted by Crippen LogP contribution is 2.32. The van der Waals surface area contributed by atoms with Crippen molar-refractivity contribution in [2.24, 2.45) is 0 Å². The smallest absolute Gasteiger partial charge is 0.422 e. The second-order valence-electron chi connectivity index (χ2n) is 3.50. The number of ether oxygens (including phenoxy) is 1. The molecular weight excluding hydrogens is 334 g/mol. The van der Waals surface area contributed by atoms with E-state index in [0.29, 0.717) is 20.4 Å². The fraction of sp³-hybridized carbons (Fsp3) is 0.182. The maximum atomic E-state index is 12.0. The molecule has 2 nitrogen and oxygen atoms in total. The van der Waals surface area contributed by atoms with Crippen LogP contribution in [-0.4, -0.2) is 17.8 Å². The molecule has 0 unspecified atom stereocenters. The van der Waals surface area contributed by atoms with E-state index >= 15 is 0 Å². The van der Waals surface area contributed by atoms with E-state index in [1.165, 1.54) is 18.3 Å². The summed E-state index contributed by atoms with van der Waals surface area (Å²) in [5.41, 5.74) is 0.616. The largest absolute Gasteiger partial charge is 0.484 e. The molecule has 18 heavy (non-hydrogen) atoms. The molecule has 0 spiro atoms. The normalized spacial score (nSPS) is 11.8. The maximum absolute atomic E-state index is 12.0. The number of hydrogen-bond donors (Lipinski definition) is 0. The van der Waals surface area contributed by atoms with E-state index in [0.717, 1.165) is 0 Å². The van der Waals surface area contributed by atoms with Gasteiger partial charge in [-0.25, -0.2) is 0 Å². The van der Waals surface area contributed by atoms with E-state index in [1.54, 1.807) is 6.07 Å². The molecule has 2 rings (SSSR count). The molecule has 0 aliphatic heterocycles. The average molecular weight is 341 g/mol. The van der Waals surface area contributed by atoms with Gasteiger partial charge in [-0.1, -0.05) is 11.6 Å². The minimum absolute atomic E-state index is 0.115. The quantitative estimate of drug-likeness (QED) is 0.797. The lowest BCUT2D eigenvalue weighted by molar-refractivity contribution is -0.153. The van der Waals surface area contributed by atoms with E-state index in [2.05, 4.69) is 25.7 Å². The van der Waals surface area contributed by atoms with Crippen LogP contribution < -0.4 is 4.74 Å². The maximum Gasteiger partial charge on any atom is 0.422 e. The van der Waals surface area contributed by atoms with Crippen LogP contribution in [0.4, 0.5) is 13.2 Å². The number of alkyl halides is 3. The van der Waals surface area contributed by atoms with E-state index in [9.17, 15) is 13.2 Å². The Kier molecular flexibility index (Phi) is 3.68. The van der Waals surface area contributed by atoms with Gasteiger partial charge in [-0.05, 0) is 34.1 Å². The lowest BCUT2D eigenvalue weighted by Crippen LogP contribution is -2.19. The van der Waals surface area contributed by atoms with Crippen LogP contribution >= 0.6 is 27.5 Å². The first-order valence-corrected chi connectivity index (χ1v) is 5.97. The van der Waals surface area contributed by atoms with Gasteiger partial charge < -0.3 is 4.74 Å². The highest BCUT2D eigenvalue weighted by Gasteiger charge is 2.28. The lowest BCUT2D eigenvalue weighted by Gasteiger charge is -2.10. The van der Waals surface area contributed by atoms with Crippen molar-refractivity contribution < 1.29 is 17.9 Å². The molecule has 0 aliphatic carbocycles. The second kappa shape index (κ2) is 4.93. The highest BCUT2D eigenvalue weighted by molar-refractivity contribution is 9.10. The molecular formula is C11H6BrClF3NO. The van der Waals surface area contributed by atoms with Gasteiger partial charge in [-0.3, -0.25) is 4.98 Å². The molecule has 0 aliphatic rings. The number of fused-ring (bicyclic) bond motifs is 1. The second-order valence-corrected chi connectivity index (χ2v) is 4.70. The number of halogens is 5. The SMILES string of the molecule is FC(F)(F)COc1ccc2ncc(Cl)c(Br)c2c1. The number of hydrogen-bond acceptors (Lipinski definition) is 2. The van der Waals surface area contributed by atoms with Crippen molar-refractivity contribution in [3.05, 3.63) is 33.9 Å². The summed E-state index contributed by atoms with van der Waals surface area (Å²) in [4.78, 5) is 4.05. The first kappa shape index (κ1) is 13.4. The van der Waals surface area contributed by atoms with Crippen molar-refractivity contribution in [2.45, 2.75) is 6.18 Å². The number of aromatic nitrogens is 1. The van der Waals surface area contributed by atoms with Crippen LogP contribution in [0.5, 0.6) is 5.75 Å². The van der Waals surface area contributed by atoms with E-state index in [1.807, 2.05) is 0 Å². The summed E-state index contributed by atoms with van der Waals surface area (Å²) in [5, 5.41) is 0.984. The summed E-state index contributed by atoms with van der Waals surface area (Å²) in [6, 6.07) is 4.47. The number of rotatable bonds is 2. The fourth-order valence-corrected chi connectivity index (χ4v) is 1.94. The van der Waals surface area contributed by atoms with Crippen LogP contribution in [-0.2, 0) is 0 Å². The van der Waals surface area contributed by atoms with Crippen molar-refractivity contribution in [3.8, 4) is 5.75 Å². The van der Waals surface area contributed by atoms with Crippen molar-refractivity contribution in [1.29, 1.82) is 0 Å². The standard InChI is InChI=1S/C11H6BrClF3NO/c12-10-7-3-6(18-5-11(14,15)16)1-2-9(7)17-4-8(10)13/h1-4H,5H2. The minimum atomic E-state index is -4.36. The van der Waals surface area contributed by atoms with Crippen LogP contribution in [0.2, 0.25) is 5.02 Å². The van der Waals surface area contributed by atoms with Gasteiger partial charge in [0, 0.05) is 16.1 Å². The summed E-state index contributed by atoms with van der Waals surface area (Å²) >= 11 is 9.12. The third kappa shape index (κ3) is 3.05. The highest BCUT2D eigenvalue weighted by atomic mass is 79.9. The molecule has 0 saturated heterocycles. The average Bonchev–Trinajstić information content (AvgIpc) is 2.31. The molecule has 0 bridgehead atoms. The summed E-state index contributed by atoms with van der Waals surface area (Å²) in [6.45, 7) is -1.33. The Morgan fingerprint density at radius 1 is 1.33 bits per heavy atom. The summed E-state index contributed by atoms with van der Waals surface area (Å²) in [7, 11) is 0. The molecule has 0 fully saturated rings. The van der Waals surface area contributed by atoms with Gasteiger partial charge >= 0.3 is 6.18 Å². The molecule has 7 heteroatoms. The van der Waals surface area contributed by atoms with Crippen LogP contribution in [0, 0.1) is 0 Å². The van der Waals surface area contributed by atoms with E-state index in [4.69, 9.17) is 11.6 Å². The van der Waals surface area contributed by atoms with Crippen LogP contribution in [0.3, 0.4) is 0 Å². The van der Waals surface area contributed by atoms with Gasteiger partial charge in [0.25, 0.3) is 0 Å². The van der Waals surface area contributed by atoms with E-state index < -0.39 is 12.8 Å². The first-order chi connectivity index (χ1) is 8.37. The van der Waals surface area contributed by atoms with Gasteiger partial charge in [0.15, 0.2) is 6.61 Å². The zero-order valence-corrected chi connectivity index (χ0v) is 11.1.